The van der Waals surface area contributed by atoms with Gasteiger partial charge in [0.1, 0.15) is 11.5 Å². The van der Waals surface area contributed by atoms with E-state index in [-0.39, 0.29) is 17.8 Å². The van der Waals surface area contributed by atoms with E-state index in [2.05, 4.69) is 10.4 Å². The summed E-state index contributed by atoms with van der Waals surface area (Å²) in [5, 5.41) is 5.88. The van der Waals surface area contributed by atoms with Gasteiger partial charge >= 0.3 is 6.03 Å². The van der Waals surface area contributed by atoms with E-state index in [0.717, 1.165) is 4.90 Å². The lowest BCUT2D eigenvalue weighted by molar-refractivity contribution is -0.123. The van der Waals surface area contributed by atoms with Crippen LogP contribution in [0.5, 0.6) is 0 Å². The van der Waals surface area contributed by atoms with Crippen molar-refractivity contribution in [3.05, 3.63) is 92.2 Å². The smallest absolute Gasteiger partial charge is 0.303 e. The first-order valence-corrected chi connectivity index (χ1v) is 9.38. The minimum atomic E-state index is -0.640. The highest BCUT2D eigenvalue weighted by Crippen LogP contribution is 2.19. The normalized spacial score (nSPS) is 15.2. The molecule has 0 unspecified atom stereocenters. The van der Waals surface area contributed by atoms with Crippen LogP contribution in [0.15, 0.2) is 59.0 Å². The minimum absolute atomic E-state index is 0.0335. The van der Waals surface area contributed by atoms with E-state index in [4.69, 9.17) is 11.6 Å². The van der Waals surface area contributed by atoms with E-state index in [0.29, 0.717) is 22.0 Å². The lowest BCUT2D eigenvalue weighted by Crippen LogP contribution is -2.30. The molecule has 1 aliphatic heterocycles. The number of H-pyrrole nitrogens is 1. The van der Waals surface area contributed by atoms with Crippen LogP contribution >= 0.6 is 11.6 Å². The number of halogens is 2. The number of hydrogen-bond donors (Lipinski definition) is 2. The third kappa shape index (κ3) is 3.65. The number of urea groups is 1. The Kier molecular flexibility index (Phi) is 5.01. The van der Waals surface area contributed by atoms with Crippen molar-refractivity contribution in [2.45, 2.75) is 13.5 Å². The summed E-state index contributed by atoms with van der Waals surface area (Å²) in [4.78, 5) is 38.8. The molecule has 2 N–H and O–H groups in total. The first kappa shape index (κ1) is 19.7. The van der Waals surface area contributed by atoms with Gasteiger partial charge in [-0.15, -0.1) is 0 Å². The van der Waals surface area contributed by atoms with Crippen molar-refractivity contribution in [1.82, 2.24) is 20.0 Å². The van der Waals surface area contributed by atoms with Crippen LogP contribution in [-0.4, -0.2) is 26.6 Å². The van der Waals surface area contributed by atoms with E-state index >= 15 is 0 Å². The fraction of sp³-hybridized carbons (Fsp3) is 0.0952. The second-order valence-corrected chi connectivity index (χ2v) is 7.22. The van der Waals surface area contributed by atoms with Crippen molar-refractivity contribution in [2.75, 3.05) is 0 Å². The van der Waals surface area contributed by atoms with E-state index < -0.39 is 23.3 Å². The van der Waals surface area contributed by atoms with Crippen LogP contribution in [0.3, 0.4) is 0 Å². The minimum Gasteiger partial charge on any atom is -0.303 e. The molecular formula is C21H16ClFN4O3. The van der Waals surface area contributed by atoms with Gasteiger partial charge in [0, 0.05) is 10.7 Å². The molecule has 0 radical (unpaired) electrons. The van der Waals surface area contributed by atoms with E-state index in [9.17, 15) is 18.8 Å². The Morgan fingerprint density at radius 2 is 1.87 bits per heavy atom. The molecule has 152 valence electrons. The number of carbonyl (C=O) groups excluding carboxylic acids is 2. The molecule has 1 aromatic heterocycles. The number of imide groups is 1. The van der Waals surface area contributed by atoms with Gasteiger partial charge in [-0.3, -0.25) is 19.6 Å². The van der Waals surface area contributed by atoms with Crippen molar-refractivity contribution in [1.29, 1.82) is 0 Å². The van der Waals surface area contributed by atoms with Crippen LogP contribution in [0.2, 0.25) is 5.02 Å². The van der Waals surface area contributed by atoms with E-state index in [1.807, 2.05) is 0 Å². The molecule has 1 aliphatic rings. The van der Waals surface area contributed by atoms with Crippen LogP contribution in [0.1, 0.15) is 16.8 Å². The maximum atomic E-state index is 13.4. The summed E-state index contributed by atoms with van der Waals surface area (Å²) in [6.07, 6.45) is 1.33. The van der Waals surface area contributed by atoms with Gasteiger partial charge in [-0.05, 0) is 48.9 Å². The lowest BCUT2D eigenvalue weighted by atomic mass is 10.2. The topological polar surface area (TPSA) is 87.2 Å². The Bertz CT molecular complexity index is 1260. The second kappa shape index (κ2) is 7.64. The quantitative estimate of drug-likeness (QED) is 0.495. The zero-order chi connectivity index (χ0) is 21.4. The molecule has 1 fully saturated rings. The standard InChI is InChI=1S/C21H16ClFN4O3/c1-12-17(19(28)27(25-12)16-7-3-5-14(22)9-16)10-18-20(29)26(21(30)24-18)11-13-4-2-6-15(23)8-13/h2-10,25H,11H2,1H3,(H,24,30). The van der Waals surface area contributed by atoms with Gasteiger partial charge in [0.2, 0.25) is 0 Å². The molecular weight excluding hydrogens is 411 g/mol. The van der Waals surface area contributed by atoms with Crippen LogP contribution in [0.4, 0.5) is 9.18 Å². The number of carbonyl (C=O) groups is 2. The summed E-state index contributed by atoms with van der Waals surface area (Å²) in [7, 11) is 0. The average molecular weight is 427 g/mol. The molecule has 4 rings (SSSR count). The molecule has 2 heterocycles. The molecule has 7 nitrogen and oxygen atoms in total. The maximum absolute atomic E-state index is 13.4. The molecule has 0 atom stereocenters. The fourth-order valence-corrected chi connectivity index (χ4v) is 3.39. The van der Waals surface area contributed by atoms with Gasteiger partial charge in [-0.1, -0.05) is 29.8 Å². The Morgan fingerprint density at radius 3 is 2.60 bits per heavy atom. The molecule has 9 heteroatoms. The van der Waals surface area contributed by atoms with Crippen molar-refractivity contribution in [3.63, 3.8) is 0 Å². The van der Waals surface area contributed by atoms with Gasteiger partial charge in [0.05, 0.1) is 17.8 Å². The zero-order valence-corrected chi connectivity index (χ0v) is 16.5. The summed E-state index contributed by atoms with van der Waals surface area (Å²) < 4.78 is 14.7. The number of hydrogen-bond acceptors (Lipinski definition) is 3. The zero-order valence-electron chi connectivity index (χ0n) is 15.8. The third-order valence-electron chi connectivity index (χ3n) is 4.66. The predicted octanol–water partition coefficient (Wildman–Crippen LogP) is 3.36. The van der Waals surface area contributed by atoms with E-state index in [1.165, 1.54) is 29.0 Å². The van der Waals surface area contributed by atoms with Crippen molar-refractivity contribution in [2.24, 2.45) is 0 Å². The van der Waals surface area contributed by atoms with Crippen LogP contribution in [0, 0.1) is 12.7 Å². The van der Waals surface area contributed by atoms with Gasteiger partial charge < -0.3 is 5.32 Å². The molecule has 0 bridgehead atoms. The first-order chi connectivity index (χ1) is 14.3. The molecule has 30 heavy (non-hydrogen) atoms. The number of rotatable bonds is 4. The number of benzene rings is 2. The fourth-order valence-electron chi connectivity index (χ4n) is 3.20. The highest BCUT2D eigenvalue weighted by molar-refractivity contribution is 6.30. The molecule has 1 saturated heterocycles. The number of aromatic amines is 1. The number of amides is 3. The van der Waals surface area contributed by atoms with Gasteiger partial charge in [-0.2, -0.15) is 0 Å². The second-order valence-electron chi connectivity index (χ2n) is 6.78. The maximum Gasteiger partial charge on any atom is 0.329 e. The Balaban J connectivity index is 1.65. The number of nitrogens with zero attached hydrogens (tertiary/aromatic N) is 2. The molecule has 3 aromatic rings. The van der Waals surface area contributed by atoms with Gasteiger partial charge in [-0.25, -0.2) is 13.9 Å². The number of nitrogens with one attached hydrogen (secondary N) is 2. The summed E-state index contributed by atoms with van der Waals surface area (Å²) in [6.45, 7) is 1.60. The largest absolute Gasteiger partial charge is 0.329 e. The van der Waals surface area contributed by atoms with Crippen LogP contribution < -0.4 is 10.9 Å². The first-order valence-electron chi connectivity index (χ1n) is 9.00. The van der Waals surface area contributed by atoms with Crippen molar-refractivity contribution >= 4 is 29.6 Å². The van der Waals surface area contributed by atoms with Crippen LogP contribution in [0.25, 0.3) is 11.8 Å². The monoisotopic (exact) mass is 426 g/mol. The number of aromatic nitrogens is 2. The molecule has 0 saturated carbocycles. The Morgan fingerprint density at radius 1 is 1.10 bits per heavy atom. The summed E-state index contributed by atoms with van der Waals surface area (Å²) in [6, 6.07) is 11.7. The highest BCUT2D eigenvalue weighted by atomic mass is 35.5. The lowest BCUT2D eigenvalue weighted by Gasteiger charge is -2.11. The summed E-state index contributed by atoms with van der Waals surface area (Å²) >= 11 is 6.00. The van der Waals surface area contributed by atoms with Crippen molar-refractivity contribution < 1.29 is 14.0 Å². The average Bonchev–Trinajstić information content (AvgIpc) is 3.13. The number of aryl methyl sites for hydroxylation is 1. The third-order valence-corrected chi connectivity index (χ3v) is 4.90. The molecule has 0 aliphatic carbocycles. The molecule has 2 aromatic carbocycles. The van der Waals surface area contributed by atoms with Crippen LogP contribution in [-0.2, 0) is 11.3 Å². The molecule has 0 spiro atoms. The Hall–Kier alpha value is -3.65. The summed E-state index contributed by atoms with van der Waals surface area (Å²) in [5.74, 6) is -1.06. The van der Waals surface area contributed by atoms with Crippen molar-refractivity contribution in [3.8, 4) is 5.69 Å². The predicted molar refractivity (Wildman–Crippen MR) is 110 cm³/mol. The SMILES string of the molecule is Cc1[nH]n(-c2cccc(Cl)c2)c(=O)c1C=C1NC(=O)N(Cc2cccc(F)c2)C1=O. The molecule has 3 amide bonds. The van der Waals surface area contributed by atoms with Gasteiger partial charge in [0.25, 0.3) is 11.5 Å². The Labute approximate surface area is 175 Å². The highest BCUT2D eigenvalue weighted by Gasteiger charge is 2.34. The summed E-state index contributed by atoms with van der Waals surface area (Å²) in [5.41, 5.74) is 1.32. The van der Waals surface area contributed by atoms with E-state index in [1.54, 1.807) is 37.3 Å². The van der Waals surface area contributed by atoms with Gasteiger partial charge in [0.15, 0.2) is 0 Å².